The van der Waals surface area contributed by atoms with Crippen molar-refractivity contribution in [1.29, 1.82) is 0 Å². The highest BCUT2D eigenvalue weighted by molar-refractivity contribution is 7.99. The van der Waals surface area contributed by atoms with Crippen molar-refractivity contribution in [3.8, 4) is 0 Å². The summed E-state index contributed by atoms with van der Waals surface area (Å²) in [5.74, 6) is 1.03. The van der Waals surface area contributed by atoms with Gasteiger partial charge in [0.2, 0.25) is 0 Å². The molecule has 1 aromatic carbocycles. The zero-order valence-corrected chi connectivity index (χ0v) is 11.8. The molecule has 0 spiro atoms. The fraction of sp³-hybridized carbons (Fsp3) is 0.500. The molecular formula is C12H18O3S2. The summed E-state index contributed by atoms with van der Waals surface area (Å²) < 4.78 is 27.5. The Morgan fingerprint density at radius 2 is 1.82 bits per heavy atom. The quantitative estimate of drug-likeness (QED) is 0.566. The van der Waals surface area contributed by atoms with E-state index in [-0.39, 0.29) is 0 Å². The van der Waals surface area contributed by atoms with Crippen molar-refractivity contribution in [3.63, 3.8) is 0 Å². The van der Waals surface area contributed by atoms with Crippen molar-refractivity contribution in [3.05, 3.63) is 24.3 Å². The van der Waals surface area contributed by atoms with Gasteiger partial charge in [-0.1, -0.05) is 0 Å². The van der Waals surface area contributed by atoms with E-state index < -0.39 is 9.84 Å². The second kappa shape index (κ2) is 7.03. The number of thioether (sulfide) groups is 1. The largest absolute Gasteiger partial charge is 0.385 e. The lowest BCUT2D eigenvalue weighted by Crippen LogP contribution is -1.96. The van der Waals surface area contributed by atoms with Crippen LogP contribution in [0.2, 0.25) is 0 Å². The summed E-state index contributed by atoms with van der Waals surface area (Å²) in [5, 5.41) is 0. The highest BCUT2D eigenvalue weighted by Crippen LogP contribution is 2.21. The van der Waals surface area contributed by atoms with Crippen LogP contribution in [-0.2, 0) is 14.6 Å². The van der Waals surface area contributed by atoms with Crippen LogP contribution in [0.1, 0.15) is 12.8 Å². The monoisotopic (exact) mass is 274 g/mol. The fourth-order valence-electron chi connectivity index (χ4n) is 1.32. The summed E-state index contributed by atoms with van der Waals surface area (Å²) in [6.45, 7) is 0.799. The third-order valence-corrected chi connectivity index (χ3v) is 4.49. The zero-order valence-electron chi connectivity index (χ0n) is 10.2. The SMILES string of the molecule is COCCCCSc1ccc(S(C)(=O)=O)cc1. The number of sulfone groups is 1. The third-order valence-electron chi connectivity index (χ3n) is 2.26. The number of rotatable bonds is 7. The summed E-state index contributed by atoms with van der Waals surface area (Å²) in [5.41, 5.74) is 0. The maximum atomic E-state index is 11.3. The molecule has 0 aliphatic heterocycles. The van der Waals surface area contributed by atoms with Gasteiger partial charge in [-0.2, -0.15) is 0 Å². The van der Waals surface area contributed by atoms with Crippen LogP contribution < -0.4 is 0 Å². The second-order valence-corrected chi connectivity index (χ2v) is 6.98. The molecule has 0 heterocycles. The summed E-state index contributed by atoms with van der Waals surface area (Å²) in [6, 6.07) is 7.04. The molecule has 0 fully saturated rings. The predicted molar refractivity (Wildman–Crippen MR) is 71.4 cm³/mol. The van der Waals surface area contributed by atoms with E-state index in [4.69, 9.17) is 4.74 Å². The van der Waals surface area contributed by atoms with Crippen molar-refractivity contribution in [2.75, 3.05) is 25.7 Å². The molecular weight excluding hydrogens is 256 g/mol. The number of hydrogen-bond donors (Lipinski definition) is 0. The molecule has 0 aliphatic carbocycles. The van der Waals surface area contributed by atoms with Crippen molar-refractivity contribution in [1.82, 2.24) is 0 Å². The molecule has 1 aromatic rings. The Bertz CT molecular complexity index is 424. The molecule has 0 unspecified atom stereocenters. The number of ether oxygens (including phenoxy) is 1. The molecule has 0 bridgehead atoms. The molecule has 96 valence electrons. The molecule has 0 aliphatic rings. The van der Waals surface area contributed by atoms with Crippen LogP contribution in [0.5, 0.6) is 0 Å². The lowest BCUT2D eigenvalue weighted by molar-refractivity contribution is 0.194. The maximum absolute atomic E-state index is 11.3. The molecule has 0 radical (unpaired) electrons. The van der Waals surface area contributed by atoms with Gasteiger partial charge in [0.15, 0.2) is 9.84 Å². The first-order chi connectivity index (χ1) is 8.04. The van der Waals surface area contributed by atoms with E-state index in [0.717, 1.165) is 30.1 Å². The molecule has 0 aromatic heterocycles. The van der Waals surface area contributed by atoms with Crippen LogP contribution in [0.3, 0.4) is 0 Å². The van der Waals surface area contributed by atoms with Crippen molar-refractivity contribution < 1.29 is 13.2 Å². The van der Waals surface area contributed by atoms with Gasteiger partial charge in [-0.05, 0) is 42.9 Å². The first-order valence-corrected chi connectivity index (χ1v) is 8.33. The van der Waals surface area contributed by atoms with Crippen LogP contribution in [0.4, 0.5) is 0 Å². The average molecular weight is 274 g/mol. The highest BCUT2D eigenvalue weighted by atomic mass is 32.2. The van der Waals surface area contributed by atoms with E-state index in [0.29, 0.717) is 4.90 Å². The third kappa shape index (κ3) is 5.57. The summed E-state index contributed by atoms with van der Waals surface area (Å²) in [4.78, 5) is 1.48. The summed E-state index contributed by atoms with van der Waals surface area (Å²) in [7, 11) is -1.37. The van der Waals surface area contributed by atoms with Gasteiger partial charge in [-0.3, -0.25) is 0 Å². The Morgan fingerprint density at radius 3 is 2.35 bits per heavy atom. The molecule has 0 amide bonds. The number of unbranched alkanes of at least 4 members (excludes halogenated alkanes) is 1. The second-order valence-electron chi connectivity index (χ2n) is 3.79. The fourth-order valence-corrected chi connectivity index (χ4v) is 2.86. The van der Waals surface area contributed by atoms with Crippen LogP contribution >= 0.6 is 11.8 Å². The van der Waals surface area contributed by atoms with Crippen molar-refractivity contribution in [2.24, 2.45) is 0 Å². The zero-order chi connectivity index (χ0) is 12.7. The van der Waals surface area contributed by atoms with E-state index in [1.165, 1.54) is 6.26 Å². The Morgan fingerprint density at radius 1 is 1.18 bits per heavy atom. The molecule has 0 atom stereocenters. The van der Waals surface area contributed by atoms with Gasteiger partial charge in [0.05, 0.1) is 4.90 Å². The minimum atomic E-state index is -3.08. The van der Waals surface area contributed by atoms with E-state index in [1.807, 2.05) is 12.1 Å². The Kier molecular flexibility index (Phi) is 6.02. The van der Waals surface area contributed by atoms with Gasteiger partial charge in [-0.15, -0.1) is 11.8 Å². The minimum Gasteiger partial charge on any atom is -0.385 e. The summed E-state index contributed by atoms with van der Waals surface area (Å²) >= 11 is 1.74. The molecule has 1 rings (SSSR count). The van der Waals surface area contributed by atoms with Crippen LogP contribution in [0.25, 0.3) is 0 Å². The first kappa shape index (κ1) is 14.5. The maximum Gasteiger partial charge on any atom is 0.175 e. The Labute approximate surface area is 107 Å². The van der Waals surface area contributed by atoms with E-state index in [1.54, 1.807) is 31.0 Å². The van der Waals surface area contributed by atoms with Crippen LogP contribution in [-0.4, -0.2) is 34.1 Å². The summed E-state index contributed by atoms with van der Waals surface area (Å²) in [6.07, 6.45) is 3.39. The van der Waals surface area contributed by atoms with Gasteiger partial charge in [0, 0.05) is 24.9 Å². The first-order valence-electron chi connectivity index (χ1n) is 5.46. The number of benzene rings is 1. The van der Waals surface area contributed by atoms with Crippen molar-refractivity contribution in [2.45, 2.75) is 22.6 Å². The Balaban J connectivity index is 2.41. The van der Waals surface area contributed by atoms with Gasteiger partial charge >= 0.3 is 0 Å². The molecule has 0 saturated carbocycles. The van der Waals surface area contributed by atoms with Crippen LogP contribution in [0.15, 0.2) is 34.1 Å². The normalized spacial score (nSPS) is 11.6. The van der Waals surface area contributed by atoms with E-state index in [9.17, 15) is 8.42 Å². The Hall–Kier alpha value is -0.520. The van der Waals surface area contributed by atoms with Gasteiger partial charge in [-0.25, -0.2) is 8.42 Å². The molecule has 0 saturated heterocycles. The lowest BCUT2D eigenvalue weighted by Gasteiger charge is -2.03. The lowest BCUT2D eigenvalue weighted by atomic mass is 10.4. The molecule has 5 heteroatoms. The number of methoxy groups -OCH3 is 1. The average Bonchev–Trinajstić information content (AvgIpc) is 2.28. The standard InChI is InChI=1S/C12H18O3S2/c1-15-9-3-4-10-16-11-5-7-12(8-6-11)17(2,13)14/h5-8H,3-4,9-10H2,1-2H3. The van der Waals surface area contributed by atoms with Crippen LogP contribution in [0, 0.1) is 0 Å². The molecule has 3 nitrogen and oxygen atoms in total. The van der Waals surface area contributed by atoms with Gasteiger partial charge < -0.3 is 4.74 Å². The van der Waals surface area contributed by atoms with Gasteiger partial charge in [0.1, 0.15) is 0 Å². The number of hydrogen-bond acceptors (Lipinski definition) is 4. The van der Waals surface area contributed by atoms with E-state index in [2.05, 4.69) is 0 Å². The topological polar surface area (TPSA) is 43.4 Å². The van der Waals surface area contributed by atoms with Crippen molar-refractivity contribution >= 4 is 21.6 Å². The van der Waals surface area contributed by atoms with E-state index >= 15 is 0 Å². The molecule has 0 N–H and O–H groups in total. The minimum absolute atomic E-state index is 0.376. The van der Waals surface area contributed by atoms with Gasteiger partial charge in [0.25, 0.3) is 0 Å². The molecule has 17 heavy (non-hydrogen) atoms. The smallest absolute Gasteiger partial charge is 0.175 e. The predicted octanol–water partition coefficient (Wildman–Crippen LogP) is 2.61. The highest BCUT2D eigenvalue weighted by Gasteiger charge is 2.05.